The van der Waals surface area contributed by atoms with E-state index in [1.807, 2.05) is 35.8 Å². The summed E-state index contributed by atoms with van der Waals surface area (Å²) in [6, 6.07) is 7.44. The monoisotopic (exact) mass is 435 g/mol. The maximum Gasteiger partial charge on any atom is 0.230 e. The Bertz CT molecular complexity index is 793. The summed E-state index contributed by atoms with van der Waals surface area (Å²) in [5.41, 5.74) is 0. The van der Waals surface area contributed by atoms with E-state index >= 15 is 0 Å². The number of thioether (sulfide) groups is 1. The minimum atomic E-state index is -0.0612. The van der Waals surface area contributed by atoms with Crippen LogP contribution in [0, 0.1) is 0 Å². The van der Waals surface area contributed by atoms with Crippen molar-refractivity contribution in [1.82, 2.24) is 20.1 Å². The number of rotatable bonds is 11. The number of ether oxygens (including phenoxy) is 3. The van der Waals surface area contributed by atoms with Gasteiger partial charge in [-0.05, 0) is 38.1 Å². The van der Waals surface area contributed by atoms with Crippen LogP contribution in [0.1, 0.15) is 13.8 Å². The second-order valence-electron chi connectivity index (χ2n) is 6.52. The second-order valence-corrected chi connectivity index (χ2v) is 7.46. The summed E-state index contributed by atoms with van der Waals surface area (Å²) in [6.07, 6.45) is 0. The Kier molecular flexibility index (Phi) is 8.64. The molecule has 2 aromatic rings. The smallest absolute Gasteiger partial charge is 0.230 e. The third-order valence-corrected chi connectivity index (χ3v) is 5.43. The van der Waals surface area contributed by atoms with E-state index in [1.165, 1.54) is 11.8 Å². The Morgan fingerprint density at radius 2 is 1.83 bits per heavy atom. The average Bonchev–Trinajstić information content (AvgIpc) is 3.20. The molecule has 3 rings (SSSR count). The van der Waals surface area contributed by atoms with Crippen molar-refractivity contribution in [3.05, 3.63) is 24.3 Å². The molecule has 0 aliphatic carbocycles. The Balaban J connectivity index is 1.38. The van der Waals surface area contributed by atoms with Crippen molar-refractivity contribution in [1.29, 1.82) is 0 Å². The number of carbonyl (C=O) groups excluding carboxylic acids is 1. The number of aromatic nitrogens is 3. The van der Waals surface area contributed by atoms with Crippen molar-refractivity contribution >= 4 is 23.6 Å². The minimum Gasteiger partial charge on any atom is -0.494 e. The molecule has 0 radical (unpaired) electrons. The number of benzene rings is 1. The van der Waals surface area contributed by atoms with Crippen LogP contribution < -0.4 is 19.7 Å². The van der Waals surface area contributed by atoms with Crippen molar-refractivity contribution in [2.24, 2.45) is 0 Å². The first-order valence-corrected chi connectivity index (χ1v) is 11.2. The van der Waals surface area contributed by atoms with Crippen LogP contribution in [0.5, 0.6) is 11.5 Å². The summed E-state index contributed by atoms with van der Waals surface area (Å²) < 4.78 is 18.5. The van der Waals surface area contributed by atoms with E-state index in [4.69, 9.17) is 14.2 Å². The summed E-state index contributed by atoms with van der Waals surface area (Å²) >= 11 is 1.39. The van der Waals surface area contributed by atoms with Crippen molar-refractivity contribution in [3.8, 4) is 11.5 Å². The van der Waals surface area contributed by atoms with Gasteiger partial charge in [-0.2, -0.15) is 0 Å². The van der Waals surface area contributed by atoms with Crippen LogP contribution in [0.15, 0.2) is 29.4 Å². The number of amides is 1. The SMILES string of the molecule is CCOc1ccc(OCCNC(=O)CSc2nnc(N3CCOCC3)n2CC)cc1. The Morgan fingerprint density at radius 3 is 2.50 bits per heavy atom. The summed E-state index contributed by atoms with van der Waals surface area (Å²) in [6.45, 7) is 9.21. The van der Waals surface area contributed by atoms with E-state index < -0.39 is 0 Å². The van der Waals surface area contributed by atoms with Crippen molar-refractivity contribution < 1.29 is 19.0 Å². The van der Waals surface area contributed by atoms with Gasteiger partial charge in [-0.25, -0.2) is 0 Å². The molecule has 1 N–H and O–H groups in total. The first-order valence-electron chi connectivity index (χ1n) is 10.2. The number of hydrogen-bond donors (Lipinski definition) is 1. The van der Waals surface area contributed by atoms with Crippen molar-refractivity contribution in [3.63, 3.8) is 0 Å². The third-order valence-electron chi connectivity index (χ3n) is 4.47. The van der Waals surface area contributed by atoms with Crippen LogP contribution in [-0.2, 0) is 16.1 Å². The first kappa shape index (κ1) is 22.2. The van der Waals surface area contributed by atoms with Gasteiger partial charge >= 0.3 is 0 Å². The summed E-state index contributed by atoms with van der Waals surface area (Å²) in [4.78, 5) is 14.3. The molecule has 30 heavy (non-hydrogen) atoms. The highest BCUT2D eigenvalue weighted by atomic mass is 32.2. The molecule has 1 aliphatic rings. The van der Waals surface area contributed by atoms with Gasteiger partial charge in [0.15, 0.2) is 5.16 Å². The molecule has 0 unspecified atom stereocenters. The number of hydrogen-bond acceptors (Lipinski definition) is 8. The van der Waals surface area contributed by atoms with Crippen LogP contribution >= 0.6 is 11.8 Å². The lowest BCUT2D eigenvalue weighted by atomic mass is 10.3. The molecular formula is C20H29N5O4S. The number of anilines is 1. The topological polar surface area (TPSA) is 90.7 Å². The highest BCUT2D eigenvalue weighted by Gasteiger charge is 2.20. The molecule has 0 spiro atoms. The van der Waals surface area contributed by atoms with E-state index in [1.54, 1.807) is 0 Å². The Morgan fingerprint density at radius 1 is 1.13 bits per heavy atom. The zero-order valence-corrected chi connectivity index (χ0v) is 18.3. The molecular weight excluding hydrogens is 406 g/mol. The highest BCUT2D eigenvalue weighted by Crippen LogP contribution is 2.22. The molecule has 1 aliphatic heterocycles. The van der Waals surface area contributed by atoms with E-state index in [9.17, 15) is 4.79 Å². The maximum atomic E-state index is 12.2. The largest absolute Gasteiger partial charge is 0.494 e. The second kappa shape index (κ2) is 11.7. The highest BCUT2D eigenvalue weighted by molar-refractivity contribution is 7.99. The van der Waals surface area contributed by atoms with Crippen molar-refractivity contribution in [2.45, 2.75) is 25.5 Å². The van der Waals surface area contributed by atoms with E-state index in [-0.39, 0.29) is 11.7 Å². The van der Waals surface area contributed by atoms with Gasteiger partial charge in [0.05, 0.1) is 32.1 Å². The molecule has 1 saturated heterocycles. The molecule has 1 amide bonds. The van der Waals surface area contributed by atoms with Crippen LogP contribution in [0.3, 0.4) is 0 Å². The minimum absolute atomic E-state index is 0.0612. The van der Waals surface area contributed by atoms with Gasteiger partial charge < -0.3 is 24.4 Å². The van der Waals surface area contributed by atoms with Gasteiger partial charge in [-0.3, -0.25) is 9.36 Å². The van der Waals surface area contributed by atoms with Crippen LogP contribution in [0.25, 0.3) is 0 Å². The number of carbonyl (C=O) groups is 1. The average molecular weight is 436 g/mol. The lowest BCUT2D eigenvalue weighted by Gasteiger charge is -2.27. The quantitative estimate of drug-likeness (QED) is 0.422. The molecule has 0 atom stereocenters. The van der Waals surface area contributed by atoms with Gasteiger partial charge in [-0.1, -0.05) is 11.8 Å². The summed E-state index contributed by atoms with van der Waals surface area (Å²) in [5, 5.41) is 12.2. The van der Waals surface area contributed by atoms with Gasteiger partial charge in [0.25, 0.3) is 0 Å². The van der Waals surface area contributed by atoms with Gasteiger partial charge in [0.2, 0.25) is 11.9 Å². The molecule has 10 heteroatoms. The molecule has 1 aromatic heterocycles. The van der Waals surface area contributed by atoms with E-state index in [0.717, 1.165) is 42.2 Å². The predicted octanol–water partition coefficient (Wildman–Crippen LogP) is 1.82. The predicted molar refractivity (Wildman–Crippen MR) is 116 cm³/mol. The molecule has 1 fully saturated rings. The molecule has 0 saturated carbocycles. The van der Waals surface area contributed by atoms with Crippen LogP contribution in [0.2, 0.25) is 0 Å². The number of nitrogens with one attached hydrogen (secondary N) is 1. The van der Waals surface area contributed by atoms with Gasteiger partial charge in [0, 0.05) is 19.6 Å². The Labute approximate surface area is 181 Å². The lowest BCUT2D eigenvalue weighted by molar-refractivity contribution is -0.118. The van der Waals surface area contributed by atoms with E-state index in [2.05, 4.69) is 27.3 Å². The normalized spacial score (nSPS) is 13.9. The fraction of sp³-hybridized carbons (Fsp3) is 0.550. The summed E-state index contributed by atoms with van der Waals surface area (Å²) in [5.74, 6) is 2.62. The standard InChI is InChI=1S/C20H29N5O4S/c1-3-25-19(24-10-13-27-14-11-24)22-23-20(25)30-15-18(26)21-9-12-29-17-7-5-16(6-8-17)28-4-2/h5-8H,3-4,9-15H2,1-2H3,(H,21,26). The molecule has 1 aromatic carbocycles. The van der Waals surface area contributed by atoms with Gasteiger partial charge in [-0.15, -0.1) is 10.2 Å². The Hall–Kier alpha value is -2.46. The molecule has 164 valence electrons. The summed E-state index contributed by atoms with van der Waals surface area (Å²) in [7, 11) is 0. The van der Waals surface area contributed by atoms with Crippen LogP contribution in [-0.4, -0.2) is 72.5 Å². The molecule has 9 nitrogen and oxygen atoms in total. The first-order chi connectivity index (χ1) is 14.7. The van der Waals surface area contributed by atoms with Gasteiger partial charge in [0.1, 0.15) is 18.1 Å². The maximum absolute atomic E-state index is 12.2. The van der Waals surface area contributed by atoms with Crippen LogP contribution in [0.4, 0.5) is 5.95 Å². The van der Waals surface area contributed by atoms with E-state index in [0.29, 0.717) is 33.0 Å². The molecule has 0 bridgehead atoms. The lowest BCUT2D eigenvalue weighted by Crippen LogP contribution is -2.38. The van der Waals surface area contributed by atoms with Crippen molar-refractivity contribution in [2.75, 3.05) is 56.7 Å². The fourth-order valence-corrected chi connectivity index (χ4v) is 3.83. The zero-order chi connectivity index (χ0) is 21.2. The number of nitrogens with zero attached hydrogens (tertiary/aromatic N) is 4. The fourth-order valence-electron chi connectivity index (χ4n) is 3.00. The molecule has 2 heterocycles. The zero-order valence-electron chi connectivity index (χ0n) is 17.5. The third kappa shape index (κ3) is 6.27. The number of morpholine rings is 1.